The molecule has 0 aliphatic rings. The van der Waals surface area contributed by atoms with Crippen molar-refractivity contribution in [3.05, 3.63) is 69.0 Å². The number of amides is 1. The Morgan fingerprint density at radius 3 is 2.56 bits per heavy atom. The second-order valence-electron chi connectivity index (χ2n) is 6.11. The third-order valence-corrected chi connectivity index (χ3v) is 4.26. The zero-order valence-corrected chi connectivity index (χ0v) is 15.7. The zero-order valence-electron chi connectivity index (χ0n) is 14.9. The Morgan fingerprint density at radius 1 is 1.19 bits per heavy atom. The van der Waals surface area contributed by atoms with Gasteiger partial charge < -0.3 is 5.32 Å². The van der Waals surface area contributed by atoms with E-state index >= 15 is 0 Å². The van der Waals surface area contributed by atoms with Gasteiger partial charge in [0.15, 0.2) is 5.82 Å². The first kappa shape index (κ1) is 18.8. The molecule has 0 aliphatic heterocycles. The SMILES string of the molecule is Cc1cc(C)n(-c2ccc(=O)n(C(C)C(=O)Nc3ccc(F)c(Cl)c3)n2)n1. The molecule has 9 heteroatoms. The highest BCUT2D eigenvalue weighted by molar-refractivity contribution is 6.31. The van der Waals surface area contributed by atoms with Crippen molar-refractivity contribution in [3.63, 3.8) is 0 Å². The molecule has 1 atom stereocenters. The lowest BCUT2D eigenvalue weighted by atomic mass is 10.2. The van der Waals surface area contributed by atoms with Crippen molar-refractivity contribution in [1.29, 1.82) is 0 Å². The quantitative estimate of drug-likeness (QED) is 0.743. The predicted molar refractivity (Wildman–Crippen MR) is 99.8 cm³/mol. The lowest BCUT2D eigenvalue weighted by molar-refractivity contribution is -0.119. The van der Waals surface area contributed by atoms with Crippen molar-refractivity contribution in [2.75, 3.05) is 5.32 Å². The van der Waals surface area contributed by atoms with Crippen LogP contribution in [-0.2, 0) is 4.79 Å². The van der Waals surface area contributed by atoms with E-state index in [9.17, 15) is 14.0 Å². The summed E-state index contributed by atoms with van der Waals surface area (Å²) in [7, 11) is 0. The van der Waals surface area contributed by atoms with Gasteiger partial charge in [0.2, 0.25) is 5.91 Å². The molecule has 0 aliphatic carbocycles. The molecular formula is C18H17ClFN5O2. The van der Waals surface area contributed by atoms with Crippen molar-refractivity contribution in [2.24, 2.45) is 0 Å². The van der Waals surface area contributed by atoms with Crippen LogP contribution in [0.3, 0.4) is 0 Å². The summed E-state index contributed by atoms with van der Waals surface area (Å²) in [6.45, 7) is 5.26. The lowest BCUT2D eigenvalue weighted by Crippen LogP contribution is -2.33. The Kier molecular flexibility index (Phi) is 5.09. The summed E-state index contributed by atoms with van der Waals surface area (Å²) < 4.78 is 15.9. The first-order valence-electron chi connectivity index (χ1n) is 8.15. The van der Waals surface area contributed by atoms with Gasteiger partial charge in [-0.25, -0.2) is 13.8 Å². The maximum absolute atomic E-state index is 13.2. The number of aromatic nitrogens is 4. The van der Waals surface area contributed by atoms with Crippen LogP contribution in [0.4, 0.5) is 10.1 Å². The molecule has 2 heterocycles. The molecule has 1 unspecified atom stereocenters. The molecule has 140 valence electrons. The summed E-state index contributed by atoms with van der Waals surface area (Å²) in [5.41, 5.74) is 1.55. The van der Waals surface area contributed by atoms with E-state index in [0.29, 0.717) is 11.5 Å². The fraction of sp³-hybridized carbons (Fsp3) is 0.222. The number of nitrogens with one attached hydrogen (secondary N) is 1. The van der Waals surface area contributed by atoms with Crippen LogP contribution >= 0.6 is 11.6 Å². The van der Waals surface area contributed by atoms with E-state index in [1.54, 1.807) is 17.7 Å². The Bertz CT molecular complexity index is 1080. The van der Waals surface area contributed by atoms with Gasteiger partial charge in [0.05, 0.1) is 10.7 Å². The minimum atomic E-state index is -0.904. The van der Waals surface area contributed by atoms with Gasteiger partial charge in [-0.1, -0.05) is 11.6 Å². The maximum atomic E-state index is 13.2. The van der Waals surface area contributed by atoms with Crippen LogP contribution in [0, 0.1) is 19.7 Å². The van der Waals surface area contributed by atoms with Crippen LogP contribution in [0.2, 0.25) is 5.02 Å². The van der Waals surface area contributed by atoms with Gasteiger partial charge in [0.1, 0.15) is 11.9 Å². The normalized spacial score (nSPS) is 12.0. The van der Waals surface area contributed by atoms with Crippen LogP contribution in [-0.4, -0.2) is 25.5 Å². The number of hydrogen-bond donors (Lipinski definition) is 1. The van der Waals surface area contributed by atoms with Crippen molar-refractivity contribution in [3.8, 4) is 5.82 Å². The Balaban J connectivity index is 1.89. The van der Waals surface area contributed by atoms with Gasteiger partial charge in [-0.2, -0.15) is 5.10 Å². The number of carbonyl (C=O) groups is 1. The summed E-state index contributed by atoms with van der Waals surface area (Å²) in [5, 5.41) is 11.1. The number of carbonyl (C=O) groups excluding carboxylic acids is 1. The van der Waals surface area contributed by atoms with E-state index in [-0.39, 0.29) is 5.02 Å². The molecule has 1 aromatic carbocycles. The van der Waals surface area contributed by atoms with E-state index in [4.69, 9.17) is 11.6 Å². The molecule has 3 aromatic rings. The topological polar surface area (TPSA) is 81.8 Å². The highest BCUT2D eigenvalue weighted by Gasteiger charge is 2.19. The largest absolute Gasteiger partial charge is 0.324 e. The Hall–Kier alpha value is -3.00. The van der Waals surface area contributed by atoms with E-state index in [1.165, 1.54) is 18.2 Å². The average Bonchev–Trinajstić information content (AvgIpc) is 2.96. The highest BCUT2D eigenvalue weighted by atomic mass is 35.5. The standard InChI is InChI=1S/C18H17ClFN5O2/c1-10-8-11(2)24(22-10)16-6-7-17(26)25(23-16)12(3)18(27)21-13-4-5-15(20)14(19)9-13/h4-9,12H,1-3H3,(H,21,27). The first-order chi connectivity index (χ1) is 12.8. The van der Waals surface area contributed by atoms with E-state index in [2.05, 4.69) is 15.5 Å². The molecule has 2 aromatic heterocycles. The minimum absolute atomic E-state index is 0.109. The maximum Gasteiger partial charge on any atom is 0.267 e. The molecule has 0 fully saturated rings. The van der Waals surface area contributed by atoms with Gasteiger partial charge in [-0.05, 0) is 51.1 Å². The number of halogens is 2. The lowest BCUT2D eigenvalue weighted by Gasteiger charge is -2.15. The van der Waals surface area contributed by atoms with Crippen LogP contribution in [0.25, 0.3) is 5.82 Å². The van der Waals surface area contributed by atoms with E-state index in [0.717, 1.165) is 22.1 Å². The van der Waals surface area contributed by atoms with Crippen molar-refractivity contribution in [1.82, 2.24) is 19.6 Å². The first-order valence-corrected chi connectivity index (χ1v) is 8.53. The molecule has 1 N–H and O–H groups in total. The van der Waals surface area contributed by atoms with Crippen LogP contribution < -0.4 is 10.9 Å². The zero-order chi connectivity index (χ0) is 19.7. The number of rotatable bonds is 4. The van der Waals surface area contributed by atoms with Gasteiger partial charge >= 0.3 is 0 Å². The van der Waals surface area contributed by atoms with Crippen molar-refractivity contribution < 1.29 is 9.18 Å². The summed E-state index contributed by atoms with van der Waals surface area (Å²) in [6.07, 6.45) is 0. The van der Waals surface area contributed by atoms with Gasteiger partial charge in [-0.3, -0.25) is 9.59 Å². The Morgan fingerprint density at radius 2 is 1.93 bits per heavy atom. The summed E-state index contributed by atoms with van der Waals surface area (Å²) in [6, 6.07) is 7.68. The molecule has 7 nitrogen and oxygen atoms in total. The van der Waals surface area contributed by atoms with E-state index < -0.39 is 23.3 Å². The minimum Gasteiger partial charge on any atom is -0.324 e. The van der Waals surface area contributed by atoms with Gasteiger partial charge in [-0.15, -0.1) is 5.10 Å². The Labute approximate surface area is 159 Å². The molecule has 0 saturated carbocycles. The van der Waals surface area contributed by atoms with Crippen molar-refractivity contribution >= 4 is 23.2 Å². The summed E-state index contributed by atoms with van der Waals surface area (Å²) in [5.74, 6) is -0.652. The fourth-order valence-electron chi connectivity index (χ4n) is 2.60. The molecule has 0 radical (unpaired) electrons. The molecule has 0 spiro atoms. The fourth-order valence-corrected chi connectivity index (χ4v) is 2.78. The summed E-state index contributed by atoms with van der Waals surface area (Å²) >= 11 is 5.72. The van der Waals surface area contributed by atoms with E-state index in [1.807, 2.05) is 19.9 Å². The second-order valence-corrected chi connectivity index (χ2v) is 6.51. The predicted octanol–water partition coefficient (Wildman–Crippen LogP) is 3.04. The van der Waals surface area contributed by atoms with Crippen LogP contribution in [0.15, 0.2) is 41.2 Å². The monoisotopic (exact) mass is 389 g/mol. The third kappa shape index (κ3) is 3.90. The number of nitrogens with zero attached hydrogens (tertiary/aromatic N) is 4. The third-order valence-electron chi connectivity index (χ3n) is 3.97. The summed E-state index contributed by atoms with van der Waals surface area (Å²) in [4.78, 5) is 24.7. The number of hydrogen-bond acceptors (Lipinski definition) is 4. The smallest absolute Gasteiger partial charge is 0.267 e. The molecule has 27 heavy (non-hydrogen) atoms. The number of benzene rings is 1. The van der Waals surface area contributed by atoms with Gasteiger partial charge in [0, 0.05) is 17.4 Å². The molecule has 1 amide bonds. The highest BCUT2D eigenvalue weighted by Crippen LogP contribution is 2.20. The van der Waals surface area contributed by atoms with Crippen molar-refractivity contribution in [2.45, 2.75) is 26.8 Å². The number of aryl methyl sites for hydroxylation is 2. The molecule has 3 rings (SSSR count). The molecular weight excluding hydrogens is 373 g/mol. The van der Waals surface area contributed by atoms with Gasteiger partial charge in [0.25, 0.3) is 5.56 Å². The molecule has 0 saturated heterocycles. The number of anilines is 1. The average molecular weight is 390 g/mol. The van der Waals surface area contributed by atoms with Crippen LogP contribution in [0.1, 0.15) is 24.4 Å². The molecule has 0 bridgehead atoms. The second kappa shape index (κ2) is 7.32. The van der Waals surface area contributed by atoms with Crippen LogP contribution in [0.5, 0.6) is 0 Å².